The number of nitrogen functional groups attached to an aromatic ring is 1. The van der Waals surface area contributed by atoms with Crippen molar-refractivity contribution >= 4 is 27.3 Å². The third-order valence-corrected chi connectivity index (χ3v) is 4.16. The first-order valence-corrected chi connectivity index (χ1v) is 7.39. The van der Waals surface area contributed by atoms with Crippen molar-refractivity contribution in [1.29, 1.82) is 0 Å². The van der Waals surface area contributed by atoms with Crippen LogP contribution in [0.2, 0.25) is 5.02 Å². The van der Waals surface area contributed by atoms with Gasteiger partial charge in [-0.3, -0.25) is 0 Å². The summed E-state index contributed by atoms with van der Waals surface area (Å²) in [6, 6.07) is 4.28. The maximum atomic E-state index is 12.0. The molecule has 0 saturated carbocycles. The molecule has 1 rings (SSSR count). The van der Waals surface area contributed by atoms with E-state index in [1.807, 2.05) is 6.92 Å². The van der Waals surface area contributed by atoms with Gasteiger partial charge in [0.05, 0.1) is 11.1 Å². The van der Waals surface area contributed by atoms with E-state index in [2.05, 4.69) is 4.72 Å². The summed E-state index contributed by atoms with van der Waals surface area (Å²) in [6.07, 6.45) is -0.197. The van der Waals surface area contributed by atoms with E-state index in [9.17, 15) is 8.42 Å². The Balaban J connectivity index is 2.80. The van der Waals surface area contributed by atoms with Crippen molar-refractivity contribution in [2.24, 2.45) is 0 Å². The lowest BCUT2D eigenvalue weighted by molar-refractivity contribution is 0.0799. The van der Waals surface area contributed by atoms with Crippen molar-refractivity contribution in [3.05, 3.63) is 23.2 Å². The molecule has 0 spiro atoms. The van der Waals surface area contributed by atoms with Gasteiger partial charge in [-0.25, -0.2) is 13.1 Å². The molecule has 0 aromatic heterocycles. The van der Waals surface area contributed by atoms with Crippen molar-refractivity contribution in [3.63, 3.8) is 0 Å². The molecular weight excluding hydrogens is 276 g/mol. The Kier molecular flexibility index (Phi) is 5.40. The third kappa shape index (κ3) is 4.13. The molecule has 0 fully saturated rings. The topological polar surface area (TPSA) is 81.4 Å². The molecule has 0 bridgehead atoms. The Morgan fingerprint density at radius 3 is 2.72 bits per heavy atom. The van der Waals surface area contributed by atoms with E-state index in [-0.39, 0.29) is 22.6 Å². The highest BCUT2D eigenvalue weighted by Gasteiger charge is 2.18. The van der Waals surface area contributed by atoms with E-state index >= 15 is 0 Å². The number of rotatable bonds is 6. The molecule has 0 radical (unpaired) electrons. The molecule has 1 atom stereocenters. The van der Waals surface area contributed by atoms with Gasteiger partial charge in [0, 0.05) is 18.8 Å². The average Bonchev–Trinajstić information content (AvgIpc) is 2.26. The Morgan fingerprint density at radius 2 is 2.17 bits per heavy atom. The number of nitrogens with one attached hydrogen (secondary N) is 1. The second-order valence-electron chi connectivity index (χ2n) is 3.81. The van der Waals surface area contributed by atoms with Crippen LogP contribution in [0.3, 0.4) is 0 Å². The zero-order valence-electron chi connectivity index (χ0n) is 10.3. The van der Waals surface area contributed by atoms with Gasteiger partial charge in [0.1, 0.15) is 4.90 Å². The molecule has 0 aliphatic rings. The fraction of sp³-hybridized carbons (Fsp3) is 0.455. The molecule has 0 amide bonds. The van der Waals surface area contributed by atoms with E-state index in [0.717, 1.165) is 0 Å². The summed E-state index contributed by atoms with van der Waals surface area (Å²) < 4.78 is 31.6. The van der Waals surface area contributed by atoms with E-state index < -0.39 is 10.0 Å². The SMILES string of the molecule is CCOC(C)CNS(=O)(=O)c1ccc(N)cc1Cl. The van der Waals surface area contributed by atoms with Crippen LogP contribution in [-0.4, -0.2) is 27.7 Å². The van der Waals surface area contributed by atoms with Gasteiger partial charge in [-0.05, 0) is 32.0 Å². The molecule has 1 unspecified atom stereocenters. The summed E-state index contributed by atoms with van der Waals surface area (Å²) >= 11 is 5.86. The highest BCUT2D eigenvalue weighted by molar-refractivity contribution is 7.89. The Morgan fingerprint density at radius 1 is 1.50 bits per heavy atom. The zero-order chi connectivity index (χ0) is 13.8. The lowest BCUT2D eigenvalue weighted by Gasteiger charge is -2.13. The fourth-order valence-corrected chi connectivity index (χ4v) is 3.05. The van der Waals surface area contributed by atoms with E-state index in [4.69, 9.17) is 22.1 Å². The average molecular weight is 293 g/mol. The van der Waals surface area contributed by atoms with Gasteiger partial charge in [0.15, 0.2) is 0 Å². The Hall–Kier alpha value is -0.820. The van der Waals surface area contributed by atoms with Crippen LogP contribution in [-0.2, 0) is 14.8 Å². The van der Waals surface area contributed by atoms with Gasteiger partial charge in [0.2, 0.25) is 10.0 Å². The van der Waals surface area contributed by atoms with Gasteiger partial charge in [0.25, 0.3) is 0 Å². The number of nitrogens with two attached hydrogens (primary N) is 1. The van der Waals surface area contributed by atoms with Crippen molar-refractivity contribution in [2.45, 2.75) is 24.8 Å². The fourth-order valence-electron chi connectivity index (χ4n) is 1.38. The molecule has 18 heavy (non-hydrogen) atoms. The summed E-state index contributed by atoms with van der Waals surface area (Å²) in [5, 5.41) is 0.103. The predicted octanol–water partition coefficient (Wildman–Crippen LogP) is 1.63. The molecule has 0 aliphatic heterocycles. The monoisotopic (exact) mass is 292 g/mol. The molecule has 5 nitrogen and oxygen atoms in total. The van der Waals surface area contributed by atoms with Crippen LogP contribution < -0.4 is 10.5 Å². The number of halogens is 1. The normalized spacial score (nSPS) is 13.5. The van der Waals surface area contributed by atoms with Crippen molar-refractivity contribution in [1.82, 2.24) is 4.72 Å². The van der Waals surface area contributed by atoms with Crippen LogP contribution in [0, 0.1) is 0 Å². The molecule has 1 aromatic rings. The number of ether oxygens (including phenoxy) is 1. The standard InChI is InChI=1S/C11H17ClN2O3S/c1-3-17-8(2)7-14-18(15,16)11-5-4-9(13)6-10(11)12/h4-6,8,14H,3,7,13H2,1-2H3. The minimum atomic E-state index is -3.64. The van der Waals surface area contributed by atoms with Crippen molar-refractivity contribution in [3.8, 4) is 0 Å². The van der Waals surface area contributed by atoms with Crippen molar-refractivity contribution in [2.75, 3.05) is 18.9 Å². The highest BCUT2D eigenvalue weighted by atomic mass is 35.5. The van der Waals surface area contributed by atoms with Crippen LogP contribution in [0.4, 0.5) is 5.69 Å². The third-order valence-electron chi connectivity index (χ3n) is 2.26. The van der Waals surface area contributed by atoms with Gasteiger partial charge in [-0.15, -0.1) is 0 Å². The number of anilines is 1. The molecule has 0 aliphatic carbocycles. The van der Waals surface area contributed by atoms with Gasteiger partial charge in [-0.1, -0.05) is 11.6 Å². The maximum absolute atomic E-state index is 12.0. The number of hydrogen-bond donors (Lipinski definition) is 2. The Labute approximate surface area is 112 Å². The summed E-state index contributed by atoms with van der Waals surface area (Å²) in [5.41, 5.74) is 5.93. The molecule has 0 heterocycles. The maximum Gasteiger partial charge on any atom is 0.242 e. The smallest absolute Gasteiger partial charge is 0.242 e. The summed E-state index contributed by atoms with van der Waals surface area (Å²) in [4.78, 5) is 0.0158. The quantitative estimate of drug-likeness (QED) is 0.781. The molecule has 7 heteroatoms. The summed E-state index contributed by atoms with van der Waals surface area (Å²) in [7, 11) is -3.64. The van der Waals surface area contributed by atoms with Crippen LogP contribution in [0.1, 0.15) is 13.8 Å². The van der Waals surface area contributed by atoms with Gasteiger partial charge in [-0.2, -0.15) is 0 Å². The molecule has 3 N–H and O–H groups in total. The zero-order valence-corrected chi connectivity index (χ0v) is 11.9. The molecule has 0 saturated heterocycles. The van der Waals surface area contributed by atoms with Crippen LogP contribution >= 0.6 is 11.6 Å². The number of sulfonamides is 1. The molecule has 1 aromatic carbocycles. The van der Waals surface area contributed by atoms with Crippen LogP contribution in [0.15, 0.2) is 23.1 Å². The lowest BCUT2D eigenvalue weighted by atomic mass is 10.3. The first kappa shape index (κ1) is 15.2. The van der Waals surface area contributed by atoms with Crippen LogP contribution in [0.25, 0.3) is 0 Å². The lowest BCUT2D eigenvalue weighted by Crippen LogP contribution is -2.32. The largest absolute Gasteiger partial charge is 0.399 e. The highest BCUT2D eigenvalue weighted by Crippen LogP contribution is 2.23. The van der Waals surface area contributed by atoms with E-state index in [1.165, 1.54) is 18.2 Å². The van der Waals surface area contributed by atoms with Gasteiger partial charge < -0.3 is 10.5 Å². The minimum absolute atomic E-state index is 0.0158. The number of hydrogen-bond acceptors (Lipinski definition) is 4. The van der Waals surface area contributed by atoms with Gasteiger partial charge >= 0.3 is 0 Å². The predicted molar refractivity (Wildman–Crippen MR) is 72.1 cm³/mol. The second kappa shape index (κ2) is 6.38. The Bertz CT molecular complexity index is 505. The summed E-state index contributed by atoms with van der Waals surface area (Å²) in [5.74, 6) is 0. The molecule has 102 valence electrons. The first-order chi connectivity index (χ1) is 8.36. The van der Waals surface area contributed by atoms with Crippen LogP contribution in [0.5, 0.6) is 0 Å². The van der Waals surface area contributed by atoms with E-state index in [0.29, 0.717) is 12.3 Å². The minimum Gasteiger partial charge on any atom is -0.399 e. The summed E-state index contributed by atoms with van der Waals surface area (Å²) in [6.45, 7) is 4.36. The van der Waals surface area contributed by atoms with Crippen molar-refractivity contribution < 1.29 is 13.2 Å². The first-order valence-electron chi connectivity index (χ1n) is 5.53. The second-order valence-corrected chi connectivity index (χ2v) is 5.95. The van der Waals surface area contributed by atoms with E-state index in [1.54, 1.807) is 6.92 Å². The number of benzene rings is 1. The molecular formula is C11H17ClN2O3S.